The van der Waals surface area contributed by atoms with Crippen LogP contribution in [-0.4, -0.2) is 52.7 Å². The number of nitrogens with one attached hydrogen (secondary N) is 2. The summed E-state index contributed by atoms with van der Waals surface area (Å²) in [5, 5.41) is 6.21. The van der Waals surface area contributed by atoms with Crippen LogP contribution >= 0.6 is 0 Å². The zero-order valence-electron chi connectivity index (χ0n) is 14.4. The number of halogens is 1. The molecule has 24 heavy (non-hydrogen) atoms. The first-order valence-electron chi connectivity index (χ1n) is 7.84. The Kier molecular flexibility index (Phi) is 8.70. The highest BCUT2D eigenvalue weighted by molar-refractivity contribution is 7.90. The van der Waals surface area contributed by atoms with Crippen molar-refractivity contribution in [3.8, 4) is 0 Å². The maximum atomic E-state index is 13.2. The number of sulfone groups is 1. The zero-order valence-corrected chi connectivity index (χ0v) is 15.2. The highest BCUT2D eigenvalue weighted by atomic mass is 32.2. The maximum Gasteiger partial charge on any atom is 0.191 e. The predicted molar refractivity (Wildman–Crippen MR) is 94.5 cm³/mol. The van der Waals surface area contributed by atoms with E-state index in [0.29, 0.717) is 37.8 Å². The first kappa shape index (κ1) is 20.4. The molecule has 1 rings (SSSR count). The highest BCUT2D eigenvalue weighted by Gasteiger charge is 2.02. The summed E-state index contributed by atoms with van der Waals surface area (Å²) in [5.41, 5.74) is 1.52. The van der Waals surface area contributed by atoms with Crippen molar-refractivity contribution in [3.63, 3.8) is 0 Å². The van der Waals surface area contributed by atoms with Crippen molar-refractivity contribution >= 4 is 15.8 Å². The number of nitrogens with zero attached hydrogens (tertiary/aromatic N) is 1. The van der Waals surface area contributed by atoms with E-state index < -0.39 is 9.84 Å². The normalized spacial score (nSPS) is 12.2. The van der Waals surface area contributed by atoms with Gasteiger partial charge < -0.3 is 15.4 Å². The Morgan fingerprint density at radius 3 is 2.67 bits per heavy atom. The average Bonchev–Trinajstić information content (AvgIpc) is 2.50. The molecule has 6 nitrogen and oxygen atoms in total. The topological polar surface area (TPSA) is 79.8 Å². The summed E-state index contributed by atoms with van der Waals surface area (Å²) in [6.45, 7) is 5.91. The van der Waals surface area contributed by atoms with Crippen molar-refractivity contribution in [2.75, 3.05) is 38.3 Å². The van der Waals surface area contributed by atoms with Gasteiger partial charge in [-0.2, -0.15) is 0 Å². The Morgan fingerprint density at radius 2 is 2.04 bits per heavy atom. The standard InChI is InChI=1S/C16H26FN3O3S/c1-4-18-16(19-7-8-23-9-10-24(3,21)22)20-12-14-5-6-15(17)13(2)11-14/h5-6,11H,4,7-10,12H2,1-3H3,(H2,18,19,20). The lowest BCUT2D eigenvalue weighted by molar-refractivity contribution is 0.154. The quantitative estimate of drug-likeness (QED) is 0.394. The Morgan fingerprint density at radius 1 is 1.29 bits per heavy atom. The van der Waals surface area contributed by atoms with E-state index in [-0.39, 0.29) is 18.2 Å². The van der Waals surface area contributed by atoms with E-state index in [1.54, 1.807) is 19.1 Å². The minimum Gasteiger partial charge on any atom is -0.379 e. The molecule has 0 heterocycles. The van der Waals surface area contributed by atoms with Crippen LogP contribution in [-0.2, 0) is 21.1 Å². The van der Waals surface area contributed by atoms with Gasteiger partial charge in [0.1, 0.15) is 15.7 Å². The molecule has 136 valence electrons. The summed E-state index contributed by atoms with van der Waals surface area (Å²) in [4.78, 5) is 4.43. The number of ether oxygens (including phenoxy) is 1. The van der Waals surface area contributed by atoms with Crippen LogP contribution in [0.1, 0.15) is 18.1 Å². The lowest BCUT2D eigenvalue weighted by atomic mass is 10.1. The molecule has 2 N–H and O–H groups in total. The third kappa shape index (κ3) is 8.83. The van der Waals surface area contributed by atoms with E-state index in [4.69, 9.17) is 4.74 Å². The fourth-order valence-electron chi connectivity index (χ4n) is 1.87. The minimum absolute atomic E-state index is 0.0189. The number of hydrogen-bond donors (Lipinski definition) is 2. The van der Waals surface area contributed by atoms with E-state index in [2.05, 4.69) is 15.6 Å². The van der Waals surface area contributed by atoms with Gasteiger partial charge in [-0.15, -0.1) is 0 Å². The molecule has 0 unspecified atom stereocenters. The van der Waals surface area contributed by atoms with E-state index in [9.17, 15) is 12.8 Å². The van der Waals surface area contributed by atoms with Crippen LogP contribution in [0.3, 0.4) is 0 Å². The number of rotatable bonds is 9. The minimum atomic E-state index is -2.99. The van der Waals surface area contributed by atoms with Crippen LogP contribution in [0.2, 0.25) is 0 Å². The number of aliphatic imine (C=N–C) groups is 1. The fraction of sp³-hybridized carbons (Fsp3) is 0.562. The van der Waals surface area contributed by atoms with Gasteiger partial charge in [0.15, 0.2) is 5.96 Å². The van der Waals surface area contributed by atoms with Gasteiger partial charge >= 0.3 is 0 Å². The van der Waals surface area contributed by atoms with Gasteiger partial charge in [-0.05, 0) is 31.0 Å². The Hall–Kier alpha value is -1.67. The molecule has 1 aromatic rings. The van der Waals surface area contributed by atoms with Gasteiger partial charge in [-0.1, -0.05) is 12.1 Å². The van der Waals surface area contributed by atoms with E-state index in [1.165, 1.54) is 12.3 Å². The van der Waals surface area contributed by atoms with Gasteiger partial charge in [-0.3, -0.25) is 0 Å². The summed E-state index contributed by atoms with van der Waals surface area (Å²) < 4.78 is 40.5. The van der Waals surface area contributed by atoms with Crippen LogP contribution in [0.5, 0.6) is 0 Å². The first-order valence-corrected chi connectivity index (χ1v) is 9.90. The lowest BCUT2D eigenvalue weighted by Crippen LogP contribution is -2.39. The zero-order chi connectivity index (χ0) is 18.0. The van der Waals surface area contributed by atoms with E-state index >= 15 is 0 Å². The van der Waals surface area contributed by atoms with Gasteiger partial charge in [0.05, 0.1) is 25.5 Å². The Balaban J connectivity index is 2.41. The van der Waals surface area contributed by atoms with Crippen LogP contribution < -0.4 is 10.6 Å². The fourth-order valence-corrected chi connectivity index (χ4v) is 2.29. The largest absolute Gasteiger partial charge is 0.379 e. The lowest BCUT2D eigenvalue weighted by Gasteiger charge is -2.11. The maximum absolute atomic E-state index is 13.2. The molecule has 0 saturated carbocycles. The van der Waals surface area contributed by atoms with Crippen LogP contribution in [0.25, 0.3) is 0 Å². The molecule has 0 aliphatic heterocycles. The number of hydrogen-bond acceptors (Lipinski definition) is 4. The van der Waals surface area contributed by atoms with Crippen molar-refractivity contribution < 1.29 is 17.5 Å². The SMILES string of the molecule is CCNC(=NCc1ccc(F)c(C)c1)NCCOCCS(C)(=O)=O. The summed E-state index contributed by atoms with van der Waals surface area (Å²) in [5.74, 6) is 0.427. The van der Waals surface area contributed by atoms with Crippen molar-refractivity contribution in [1.82, 2.24) is 10.6 Å². The van der Waals surface area contributed by atoms with Gasteiger partial charge in [-0.25, -0.2) is 17.8 Å². The molecule has 0 saturated heterocycles. The van der Waals surface area contributed by atoms with Crippen LogP contribution in [0, 0.1) is 12.7 Å². The molecule has 0 spiro atoms. The second-order valence-corrected chi connectivity index (χ2v) is 7.71. The molecule has 0 aliphatic carbocycles. The Bertz CT molecular complexity index is 648. The molecule has 0 radical (unpaired) electrons. The number of guanidine groups is 1. The molecular formula is C16H26FN3O3S. The average molecular weight is 359 g/mol. The second-order valence-electron chi connectivity index (χ2n) is 5.45. The molecule has 0 amide bonds. The number of benzene rings is 1. The van der Waals surface area contributed by atoms with E-state index in [0.717, 1.165) is 5.56 Å². The third-order valence-electron chi connectivity index (χ3n) is 3.12. The van der Waals surface area contributed by atoms with Gasteiger partial charge in [0, 0.05) is 19.3 Å². The van der Waals surface area contributed by atoms with Crippen LogP contribution in [0.4, 0.5) is 4.39 Å². The third-order valence-corrected chi connectivity index (χ3v) is 4.03. The molecule has 0 fully saturated rings. The molecule has 0 aromatic heterocycles. The van der Waals surface area contributed by atoms with Crippen molar-refractivity contribution in [1.29, 1.82) is 0 Å². The summed E-state index contributed by atoms with van der Waals surface area (Å²) >= 11 is 0. The summed E-state index contributed by atoms with van der Waals surface area (Å²) in [6.07, 6.45) is 1.18. The first-order chi connectivity index (χ1) is 11.3. The molecular weight excluding hydrogens is 333 g/mol. The molecule has 1 aromatic carbocycles. The molecule has 0 atom stereocenters. The van der Waals surface area contributed by atoms with E-state index in [1.807, 2.05) is 6.92 Å². The summed E-state index contributed by atoms with van der Waals surface area (Å²) in [7, 11) is -2.99. The van der Waals surface area contributed by atoms with Crippen molar-refractivity contribution in [2.45, 2.75) is 20.4 Å². The predicted octanol–water partition coefficient (Wildman–Crippen LogP) is 1.25. The molecule has 0 aliphatic rings. The van der Waals surface area contributed by atoms with Gasteiger partial charge in [0.2, 0.25) is 0 Å². The second kappa shape index (κ2) is 10.2. The summed E-state index contributed by atoms with van der Waals surface area (Å²) in [6, 6.07) is 4.93. The highest BCUT2D eigenvalue weighted by Crippen LogP contribution is 2.09. The number of aryl methyl sites for hydroxylation is 1. The Labute approximate surface area is 143 Å². The van der Waals surface area contributed by atoms with Crippen molar-refractivity contribution in [2.24, 2.45) is 4.99 Å². The van der Waals surface area contributed by atoms with Gasteiger partial charge in [0.25, 0.3) is 0 Å². The molecule has 8 heteroatoms. The smallest absolute Gasteiger partial charge is 0.191 e. The molecule has 0 bridgehead atoms. The van der Waals surface area contributed by atoms with Crippen molar-refractivity contribution in [3.05, 3.63) is 35.1 Å². The van der Waals surface area contributed by atoms with Crippen LogP contribution in [0.15, 0.2) is 23.2 Å². The monoisotopic (exact) mass is 359 g/mol.